The molecule has 2 aromatic rings. The Morgan fingerprint density at radius 3 is 3.22 bits per heavy atom. The zero-order valence-corrected chi connectivity index (χ0v) is 10.8. The molecule has 0 saturated carbocycles. The first kappa shape index (κ1) is 11.4. The van der Waals surface area contributed by atoms with Crippen molar-refractivity contribution in [3.63, 3.8) is 0 Å². The van der Waals surface area contributed by atoms with Gasteiger partial charge in [0, 0.05) is 37.6 Å². The van der Waals surface area contributed by atoms with Crippen LogP contribution in [0, 0.1) is 0 Å². The highest BCUT2D eigenvalue weighted by molar-refractivity contribution is 7.15. The third-order valence-electron chi connectivity index (χ3n) is 2.79. The molecule has 6 nitrogen and oxygen atoms in total. The SMILES string of the molecule is Cn1cc(C(=O)Nc2nc3c(s2)CNCC3)cn1. The van der Waals surface area contributed by atoms with Crippen LogP contribution < -0.4 is 10.6 Å². The van der Waals surface area contributed by atoms with Crippen molar-refractivity contribution < 1.29 is 4.79 Å². The van der Waals surface area contributed by atoms with Crippen molar-refractivity contribution >= 4 is 22.4 Å². The van der Waals surface area contributed by atoms with Crippen molar-refractivity contribution in [3.05, 3.63) is 28.5 Å². The third kappa shape index (κ3) is 2.14. The summed E-state index contributed by atoms with van der Waals surface area (Å²) in [5, 5.41) is 10.7. The molecule has 0 aliphatic carbocycles. The Morgan fingerprint density at radius 1 is 1.61 bits per heavy atom. The van der Waals surface area contributed by atoms with Crippen molar-refractivity contribution in [1.29, 1.82) is 0 Å². The molecule has 3 heterocycles. The zero-order valence-electron chi connectivity index (χ0n) is 9.93. The smallest absolute Gasteiger partial charge is 0.260 e. The quantitative estimate of drug-likeness (QED) is 0.839. The first-order chi connectivity index (χ1) is 8.72. The molecule has 0 unspecified atom stereocenters. The molecule has 1 aliphatic heterocycles. The van der Waals surface area contributed by atoms with E-state index >= 15 is 0 Å². The second-order valence-corrected chi connectivity index (χ2v) is 5.26. The van der Waals surface area contributed by atoms with Crippen LogP contribution in [0.5, 0.6) is 0 Å². The molecular weight excluding hydrogens is 250 g/mol. The monoisotopic (exact) mass is 263 g/mol. The van der Waals surface area contributed by atoms with Crippen molar-refractivity contribution in [2.24, 2.45) is 7.05 Å². The Bertz CT molecular complexity index is 565. The van der Waals surface area contributed by atoms with E-state index in [9.17, 15) is 4.79 Å². The molecule has 0 fully saturated rings. The number of amides is 1. The Hall–Kier alpha value is -1.73. The van der Waals surface area contributed by atoms with E-state index in [1.54, 1.807) is 24.1 Å². The molecule has 0 radical (unpaired) electrons. The van der Waals surface area contributed by atoms with E-state index in [2.05, 4.69) is 20.7 Å². The van der Waals surface area contributed by atoms with Gasteiger partial charge >= 0.3 is 0 Å². The van der Waals surface area contributed by atoms with Crippen molar-refractivity contribution in [2.75, 3.05) is 11.9 Å². The molecule has 94 valence electrons. The number of fused-ring (bicyclic) bond motifs is 1. The lowest BCUT2D eigenvalue weighted by atomic mass is 10.2. The van der Waals surface area contributed by atoms with E-state index in [4.69, 9.17) is 0 Å². The molecule has 2 aromatic heterocycles. The third-order valence-corrected chi connectivity index (χ3v) is 3.80. The molecule has 0 aromatic carbocycles. The number of hydrogen-bond acceptors (Lipinski definition) is 5. The van der Waals surface area contributed by atoms with E-state index < -0.39 is 0 Å². The summed E-state index contributed by atoms with van der Waals surface area (Å²) in [6, 6.07) is 0. The number of nitrogens with zero attached hydrogens (tertiary/aromatic N) is 3. The van der Waals surface area contributed by atoms with Crippen LogP contribution in [-0.2, 0) is 20.0 Å². The van der Waals surface area contributed by atoms with Gasteiger partial charge in [0.1, 0.15) is 0 Å². The molecule has 3 rings (SSSR count). The maximum atomic E-state index is 11.9. The maximum absolute atomic E-state index is 11.9. The van der Waals surface area contributed by atoms with Crippen LogP contribution in [0.2, 0.25) is 0 Å². The molecule has 0 saturated heterocycles. The normalized spacial score (nSPS) is 14.3. The van der Waals surface area contributed by atoms with Gasteiger partial charge in [-0.15, -0.1) is 11.3 Å². The van der Waals surface area contributed by atoms with Gasteiger partial charge in [-0.25, -0.2) is 4.98 Å². The second kappa shape index (κ2) is 4.51. The number of hydrogen-bond donors (Lipinski definition) is 2. The van der Waals surface area contributed by atoms with E-state index in [1.807, 2.05) is 0 Å². The summed E-state index contributed by atoms with van der Waals surface area (Å²) >= 11 is 1.53. The number of aromatic nitrogens is 3. The van der Waals surface area contributed by atoms with Crippen molar-refractivity contribution in [1.82, 2.24) is 20.1 Å². The predicted octanol–water partition coefficient (Wildman–Crippen LogP) is 0.775. The fraction of sp³-hybridized carbons (Fsp3) is 0.364. The average Bonchev–Trinajstić information content (AvgIpc) is 2.94. The van der Waals surface area contributed by atoms with Crippen LogP contribution in [-0.4, -0.2) is 27.2 Å². The minimum atomic E-state index is -0.165. The van der Waals surface area contributed by atoms with E-state index in [-0.39, 0.29) is 5.91 Å². The highest BCUT2D eigenvalue weighted by Crippen LogP contribution is 2.25. The summed E-state index contributed by atoms with van der Waals surface area (Å²) in [5.41, 5.74) is 1.64. The van der Waals surface area contributed by atoms with Gasteiger partial charge in [0.15, 0.2) is 5.13 Å². The largest absolute Gasteiger partial charge is 0.311 e. The molecule has 1 aliphatic rings. The summed E-state index contributed by atoms with van der Waals surface area (Å²) in [6.45, 7) is 1.79. The molecule has 18 heavy (non-hydrogen) atoms. The van der Waals surface area contributed by atoms with Crippen LogP contribution in [0.15, 0.2) is 12.4 Å². The highest BCUT2D eigenvalue weighted by atomic mass is 32.1. The van der Waals surface area contributed by atoms with Crippen molar-refractivity contribution in [2.45, 2.75) is 13.0 Å². The lowest BCUT2D eigenvalue weighted by Crippen LogP contribution is -2.22. The second-order valence-electron chi connectivity index (χ2n) is 4.17. The molecular formula is C11H13N5OS. The lowest BCUT2D eigenvalue weighted by molar-refractivity contribution is 0.102. The number of anilines is 1. The van der Waals surface area contributed by atoms with Gasteiger partial charge in [-0.3, -0.25) is 14.8 Å². The lowest BCUT2D eigenvalue weighted by Gasteiger charge is -2.09. The number of nitrogens with one attached hydrogen (secondary N) is 2. The molecule has 1 amide bonds. The van der Waals surface area contributed by atoms with Gasteiger partial charge in [-0.2, -0.15) is 5.10 Å². The van der Waals surface area contributed by atoms with Crippen LogP contribution >= 0.6 is 11.3 Å². The highest BCUT2D eigenvalue weighted by Gasteiger charge is 2.16. The average molecular weight is 263 g/mol. The number of carbonyl (C=O) groups excluding carboxylic acids is 1. The van der Waals surface area contributed by atoms with Crippen LogP contribution in [0.25, 0.3) is 0 Å². The fourth-order valence-corrected chi connectivity index (χ4v) is 2.86. The van der Waals surface area contributed by atoms with E-state index in [1.165, 1.54) is 16.2 Å². The molecule has 0 spiro atoms. The molecule has 2 N–H and O–H groups in total. The fourth-order valence-electron chi connectivity index (χ4n) is 1.89. The van der Waals surface area contributed by atoms with E-state index in [0.717, 1.165) is 25.2 Å². The van der Waals surface area contributed by atoms with Crippen LogP contribution in [0.3, 0.4) is 0 Å². The minimum Gasteiger partial charge on any atom is -0.311 e. The molecule has 0 atom stereocenters. The van der Waals surface area contributed by atoms with E-state index in [0.29, 0.717) is 10.7 Å². The number of thiazole rings is 1. The topological polar surface area (TPSA) is 71.8 Å². The van der Waals surface area contributed by atoms with Crippen molar-refractivity contribution in [3.8, 4) is 0 Å². The predicted molar refractivity (Wildman–Crippen MR) is 68.7 cm³/mol. The number of aryl methyl sites for hydroxylation is 1. The summed E-state index contributed by atoms with van der Waals surface area (Å²) < 4.78 is 1.60. The summed E-state index contributed by atoms with van der Waals surface area (Å²) in [5.74, 6) is -0.165. The minimum absolute atomic E-state index is 0.165. The standard InChI is InChI=1S/C11H13N5OS/c1-16-6-7(4-13-16)10(17)15-11-14-8-2-3-12-5-9(8)18-11/h4,6,12H,2-3,5H2,1H3,(H,14,15,17). The summed E-state index contributed by atoms with van der Waals surface area (Å²) in [4.78, 5) is 17.6. The first-order valence-corrected chi connectivity index (χ1v) is 6.53. The first-order valence-electron chi connectivity index (χ1n) is 5.71. The van der Waals surface area contributed by atoms with Gasteiger partial charge < -0.3 is 5.32 Å². The maximum Gasteiger partial charge on any atom is 0.260 e. The Morgan fingerprint density at radius 2 is 2.50 bits per heavy atom. The summed E-state index contributed by atoms with van der Waals surface area (Å²) in [7, 11) is 1.78. The van der Waals surface area contributed by atoms with Gasteiger partial charge in [-0.05, 0) is 0 Å². The Kier molecular flexibility index (Phi) is 2.85. The van der Waals surface area contributed by atoms with Crippen LogP contribution in [0.1, 0.15) is 20.9 Å². The molecule has 7 heteroatoms. The van der Waals surface area contributed by atoms with Gasteiger partial charge in [0.2, 0.25) is 0 Å². The Balaban J connectivity index is 1.76. The number of rotatable bonds is 2. The summed E-state index contributed by atoms with van der Waals surface area (Å²) in [6.07, 6.45) is 4.16. The number of carbonyl (C=O) groups is 1. The Labute approximate surface area is 108 Å². The molecule has 0 bridgehead atoms. The zero-order chi connectivity index (χ0) is 12.5. The van der Waals surface area contributed by atoms with Gasteiger partial charge in [0.25, 0.3) is 5.91 Å². The van der Waals surface area contributed by atoms with Gasteiger partial charge in [-0.1, -0.05) is 0 Å². The van der Waals surface area contributed by atoms with Crippen LogP contribution in [0.4, 0.5) is 5.13 Å². The van der Waals surface area contributed by atoms with Gasteiger partial charge in [0.05, 0.1) is 17.5 Å².